The number of nitrogens with zero attached hydrogens (tertiary/aromatic N) is 9. The van der Waals surface area contributed by atoms with E-state index in [4.69, 9.17) is 25.8 Å². The molecule has 3 saturated carbocycles. The zero-order valence-electron chi connectivity index (χ0n) is 67.4. The zero-order chi connectivity index (χ0) is 81.2. The van der Waals surface area contributed by atoms with Gasteiger partial charge in [0.1, 0.15) is 47.8 Å². The number of carbonyl (C=O) groups excluding carboxylic acids is 12. The van der Waals surface area contributed by atoms with Crippen molar-refractivity contribution in [3.8, 4) is 0 Å². The van der Waals surface area contributed by atoms with E-state index in [1.807, 2.05) is 20.8 Å². The van der Waals surface area contributed by atoms with Gasteiger partial charge in [-0.3, -0.25) is 57.5 Å². The van der Waals surface area contributed by atoms with Crippen molar-refractivity contribution in [1.29, 1.82) is 0 Å². The van der Waals surface area contributed by atoms with Crippen molar-refractivity contribution in [2.45, 2.75) is 267 Å². The fourth-order valence-corrected chi connectivity index (χ4v) is 17.5. The lowest BCUT2D eigenvalue weighted by molar-refractivity contribution is -0.171. The van der Waals surface area contributed by atoms with Gasteiger partial charge in [-0.1, -0.05) is 116 Å². The third kappa shape index (κ3) is 23.7. The topological polar surface area (TPSA) is 298 Å². The molecule has 4 saturated heterocycles. The number of alkyl halides is 3. The van der Waals surface area contributed by atoms with Gasteiger partial charge in [0.25, 0.3) is 0 Å². The van der Waals surface area contributed by atoms with Gasteiger partial charge in [-0.05, 0) is 131 Å². The lowest BCUT2D eigenvalue weighted by Crippen LogP contribution is -2.65. The van der Waals surface area contributed by atoms with Gasteiger partial charge in [0.2, 0.25) is 70.9 Å². The fourth-order valence-electron chi connectivity index (χ4n) is 17.2. The predicted molar refractivity (Wildman–Crippen MR) is 408 cm³/mol. The number of ether oxygens (including phenoxy) is 3. The summed E-state index contributed by atoms with van der Waals surface area (Å²) in [7, 11) is 10.00. The van der Waals surface area contributed by atoms with Crippen LogP contribution in [0, 0.1) is 23.7 Å². The Balaban J connectivity index is 1.21. The summed E-state index contributed by atoms with van der Waals surface area (Å²) in [6, 6.07) is -6.00. The molecule has 4 aliphatic heterocycles. The molecule has 7 aliphatic rings. The second-order valence-corrected chi connectivity index (χ2v) is 33.3. The second kappa shape index (κ2) is 41.2. The quantitative estimate of drug-likeness (QED) is 0.141. The number of aryl methyl sites for hydroxylation is 1. The van der Waals surface area contributed by atoms with Crippen LogP contribution in [0.2, 0.25) is 5.02 Å². The monoisotopic (exact) mass is 1580 g/mol. The van der Waals surface area contributed by atoms with Crippen LogP contribution in [0.3, 0.4) is 0 Å². The van der Waals surface area contributed by atoms with Gasteiger partial charge in [-0.25, -0.2) is 0 Å². The van der Waals surface area contributed by atoms with Gasteiger partial charge >= 0.3 is 6.18 Å². The van der Waals surface area contributed by atoms with Crippen molar-refractivity contribution in [2.75, 3.05) is 108 Å². The van der Waals surface area contributed by atoms with Crippen molar-refractivity contribution in [3.63, 3.8) is 0 Å². The Morgan fingerprint density at radius 2 is 1.26 bits per heavy atom. The summed E-state index contributed by atoms with van der Waals surface area (Å²) in [6.45, 7) is 6.72. The highest BCUT2D eigenvalue weighted by Gasteiger charge is 2.53. The molecule has 31 heteroatoms. The van der Waals surface area contributed by atoms with Gasteiger partial charge in [-0.2, -0.15) is 13.2 Å². The molecule has 2 unspecified atom stereocenters. The van der Waals surface area contributed by atoms with Gasteiger partial charge in [0, 0.05) is 82.0 Å². The Morgan fingerprint density at radius 3 is 1.88 bits per heavy atom. The van der Waals surface area contributed by atoms with E-state index in [0.29, 0.717) is 71.1 Å². The number of nitrogens with one attached hydrogen (secondary N) is 3. The number of rotatable bonds is 16. The molecule has 8 rings (SSSR count). The molecular formula is C80H124ClF3N12O15. The SMILES string of the molecule is CC[C@H](C)[C@@H]1NC(=O)[C@H](CC(C)C)N(C)C(=O)C[C@@H](C(=O)N2CCCCC2)N(C)C(=O)[C@H](C2CCCCC2)N(C)C(=O)C2(CCCC2)NC(=O)[C@@H]2C[C@@H](OCCOC3CCCCO3)CN2C(=O)[C@H](CCc2ccc(C(F)(F)F)c(Cl)c2)NC(=O)CN(C)C(=O)C(CC2CCCCC2)N(C)C(=O)CN(C)C(=O)CN(C)C1=O. The number of amides is 12. The minimum atomic E-state index is -4.79. The minimum absolute atomic E-state index is 0.00677. The van der Waals surface area contributed by atoms with Crippen molar-refractivity contribution in [1.82, 2.24) is 60.0 Å². The standard InChI is InChI=1S/C80H124ClF3N12O15/c1-12-52(4)69-76(106)90(7)49-66(99)88(5)50-67(100)92(9)62(44-53-26-16-13-17-27-53)74(104)89(6)48-64(97)85-59(34-32-54-31-33-57(58(81)43-54)80(82,83)84)73(103)96-47-56(109-40-41-111-68-30-20-25-39-110-68)45-61(96)72(102)87-79(35-21-22-36-79)78(108)94(11)70(55-28-18-14-19-29-55)77(107)93(10)63(75(105)95-37-23-15-24-38-95)46-65(98)91(8)60(42-51(2)3)71(101)86-69/h31,33,43,51-53,55-56,59-63,68-70H,12-30,32,34-42,44-50H2,1-11H3,(H,85,97)(H,86,101)(H,87,102)/t52-,56+,59-,60-,61-,62?,63-,68?,69-,70-/m0/s1. The fraction of sp³-hybridized carbons (Fsp3) is 0.775. The molecule has 12 amide bonds. The summed E-state index contributed by atoms with van der Waals surface area (Å²) in [5, 5.41) is 8.25. The Hall–Kier alpha value is -7.18. The number of piperidine rings is 1. The average Bonchev–Trinajstić information content (AvgIpc) is 1.74. The molecule has 1 aromatic rings. The number of hydrogen-bond acceptors (Lipinski definition) is 15. The summed E-state index contributed by atoms with van der Waals surface area (Å²) in [5.74, 6) is -9.16. The molecule has 3 N–H and O–H groups in total. The van der Waals surface area contributed by atoms with E-state index in [9.17, 15) is 37.1 Å². The van der Waals surface area contributed by atoms with E-state index < -0.39 is 186 Å². The number of likely N-dealkylation sites (tertiary alicyclic amines) is 1. The van der Waals surface area contributed by atoms with Gasteiger partial charge in [-0.15, -0.1) is 0 Å². The Kier molecular flexibility index (Phi) is 33.2. The Bertz CT molecular complexity index is 3400. The molecule has 10 atom stereocenters. The first kappa shape index (κ1) is 89.4. The maximum absolute atomic E-state index is 16.1. The predicted octanol–water partition coefficient (Wildman–Crippen LogP) is 6.96. The molecule has 0 bridgehead atoms. The molecule has 4 heterocycles. The van der Waals surface area contributed by atoms with E-state index in [1.165, 1.54) is 79.9 Å². The molecule has 111 heavy (non-hydrogen) atoms. The van der Waals surface area contributed by atoms with Crippen LogP contribution < -0.4 is 16.0 Å². The number of halogens is 4. The summed E-state index contributed by atoms with van der Waals surface area (Å²) in [4.78, 5) is 194. The zero-order valence-corrected chi connectivity index (χ0v) is 68.1. The normalized spacial score (nSPS) is 27.6. The van der Waals surface area contributed by atoms with Crippen molar-refractivity contribution >= 4 is 82.5 Å². The van der Waals surface area contributed by atoms with Crippen LogP contribution in [0.4, 0.5) is 13.2 Å². The molecule has 7 fully saturated rings. The van der Waals surface area contributed by atoms with Crippen molar-refractivity contribution in [2.24, 2.45) is 23.7 Å². The van der Waals surface area contributed by atoms with Gasteiger partial charge in [0.05, 0.1) is 56.0 Å². The minimum Gasteiger partial charge on any atom is -0.374 e. The van der Waals surface area contributed by atoms with Gasteiger partial charge in [0.15, 0.2) is 6.29 Å². The van der Waals surface area contributed by atoms with Crippen LogP contribution in [0.1, 0.15) is 206 Å². The van der Waals surface area contributed by atoms with Crippen LogP contribution in [0.15, 0.2) is 18.2 Å². The van der Waals surface area contributed by atoms with Crippen LogP contribution in [0.25, 0.3) is 0 Å². The first-order chi connectivity index (χ1) is 52.6. The molecule has 622 valence electrons. The van der Waals surface area contributed by atoms with Crippen LogP contribution in [0.5, 0.6) is 0 Å². The van der Waals surface area contributed by atoms with E-state index in [2.05, 4.69) is 16.0 Å². The van der Waals surface area contributed by atoms with Crippen molar-refractivity contribution < 1.29 is 84.9 Å². The third-order valence-electron chi connectivity index (χ3n) is 24.2. The highest BCUT2D eigenvalue weighted by atomic mass is 35.5. The molecule has 3 aliphatic carbocycles. The van der Waals surface area contributed by atoms with E-state index >= 15 is 33.6 Å². The summed E-state index contributed by atoms with van der Waals surface area (Å²) >= 11 is 6.25. The average molecular weight is 1590 g/mol. The van der Waals surface area contributed by atoms with E-state index in [0.717, 1.165) is 97.5 Å². The third-order valence-corrected chi connectivity index (χ3v) is 24.6. The first-order valence-electron chi connectivity index (χ1n) is 40.7. The summed E-state index contributed by atoms with van der Waals surface area (Å²) in [6.07, 6.45) is 7.02. The number of hydrogen-bond donors (Lipinski definition) is 3. The maximum atomic E-state index is 16.1. The Labute approximate surface area is 658 Å². The molecule has 0 aromatic heterocycles. The van der Waals surface area contributed by atoms with Gasteiger partial charge < -0.3 is 74.3 Å². The highest BCUT2D eigenvalue weighted by molar-refractivity contribution is 6.31. The smallest absolute Gasteiger partial charge is 0.374 e. The summed E-state index contributed by atoms with van der Waals surface area (Å²) < 4.78 is 60.4. The second-order valence-electron chi connectivity index (χ2n) is 32.9. The molecule has 1 aromatic carbocycles. The van der Waals surface area contributed by atoms with Crippen LogP contribution in [-0.2, 0) is 84.3 Å². The molecule has 0 radical (unpaired) electrons. The first-order valence-corrected chi connectivity index (χ1v) is 41.0. The Morgan fingerprint density at radius 1 is 0.649 bits per heavy atom. The lowest BCUT2D eigenvalue weighted by atomic mass is 9.81. The maximum Gasteiger partial charge on any atom is 0.417 e. The molecule has 1 spiro atoms. The highest BCUT2D eigenvalue weighted by Crippen LogP contribution is 2.39. The number of benzene rings is 1. The molecular weight excluding hydrogens is 1460 g/mol. The van der Waals surface area contributed by atoms with E-state index in [-0.39, 0.29) is 82.1 Å². The number of carbonyl (C=O) groups is 12. The molecule has 27 nitrogen and oxygen atoms in total. The van der Waals surface area contributed by atoms with Crippen molar-refractivity contribution in [3.05, 3.63) is 34.3 Å². The lowest BCUT2D eigenvalue weighted by Gasteiger charge is -2.43. The van der Waals surface area contributed by atoms with E-state index in [1.54, 1.807) is 11.8 Å². The summed E-state index contributed by atoms with van der Waals surface area (Å²) in [5.41, 5.74) is -2.48. The number of likely N-dealkylation sites (N-methyl/N-ethyl adjacent to an activating group) is 7. The van der Waals surface area contributed by atoms with Crippen LogP contribution in [-0.4, -0.2) is 284 Å². The number of fused-ring (bicyclic) bond motifs is 1. The van der Waals surface area contributed by atoms with Crippen LogP contribution >= 0.6 is 11.6 Å². The largest absolute Gasteiger partial charge is 0.417 e.